The normalized spacial score (nSPS) is 12.6. The Labute approximate surface area is 182 Å². The van der Waals surface area contributed by atoms with Crippen molar-refractivity contribution in [1.82, 2.24) is 10.3 Å². The maximum absolute atomic E-state index is 11.8. The summed E-state index contributed by atoms with van der Waals surface area (Å²) in [5.74, 6) is 0.703. The van der Waals surface area contributed by atoms with Gasteiger partial charge in [0.05, 0.1) is 5.71 Å². The first-order valence-electron chi connectivity index (χ1n) is 10.8. The van der Waals surface area contributed by atoms with Gasteiger partial charge in [0.1, 0.15) is 0 Å². The summed E-state index contributed by atoms with van der Waals surface area (Å²) in [6.45, 7) is 15.9. The lowest BCUT2D eigenvalue weighted by Gasteiger charge is -2.30. The minimum absolute atomic E-state index is 0.177. The third kappa shape index (κ3) is 7.51. The molecule has 1 heterocycles. The van der Waals surface area contributed by atoms with Crippen molar-refractivity contribution in [2.75, 3.05) is 20.1 Å². The molecule has 0 unspecified atom stereocenters. The molecular formula is C26H37N3O. The van der Waals surface area contributed by atoms with E-state index in [1.807, 2.05) is 43.0 Å². The largest absolute Gasteiger partial charge is 0.339 e. The molecule has 4 nitrogen and oxygen atoms in total. The molecule has 1 aliphatic rings. The fourth-order valence-electron chi connectivity index (χ4n) is 2.87. The van der Waals surface area contributed by atoms with Crippen molar-refractivity contribution in [1.29, 1.82) is 0 Å². The zero-order valence-electron chi connectivity index (χ0n) is 19.4. The van der Waals surface area contributed by atoms with E-state index in [0.717, 1.165) is 36.3 Å². The van der Waals surface area contributed by atoms with E-state index in [1.54, 1.807) is 13.1 Å². The number of hydrogen-bond acceptors (Lipinski definition) is 3. The van der Waals surface area contributed by atoms with E-state index in [4.69, 9.17) is 0 Å². The number of rotatable bonds is 5. The van der Waals surface area contributed by atoms with Gasteiger partial charge in [-0.25, -0.2) is 0 Å². The summed E-state index contributed by atoms with van der Waals surface area (Å²) in [6.07, 6.45) is 2.89. The Morgan fingerprint density at radius 3 is 2.17 bits per heavy atom. The third-order valence-electron chi connectivity index (χ3n) is 4.71. The molecule has 0 aliphatic carbocycles. The van der Waals surface area contributed by atoms with Crippen LogP contribution in [-0.2, 0) is 0 Å². The van der Waals surface area contributed by atoms with Crippen molar-refractivity contribution in [3.05, 3.63) is 83.4 Å². The minimum Gasteiger partial charge on any atom is -0.339 e. The van der Waals surface area contributed by atoms with E-state index < -0.39 is 0 Å². The molecule has 2 aromatic carbocycles. The van der Waals surface area contributed by atoms with Gasteiger partial charge in [0.15, 0.2) is 0 Å². The highest BCUT2D eigenvalue weighted by atomic mass is 16.2. The van der Waals surface area contributed by atoms with E-state index in [0.29, 0.717) is 5.92 Å². The molecule has 1 aliphatic heterocycles. The summed E-state index contributed by atoms with van der Waals surface area (Å²) in [7, 11) is 1.78. The van der Waals surface area contributed by atoms with Gasteiger partial charge in [-0.1, -0.05) is 70.2 Å². The van der Waals surface area contributed by atoms with E-state index in [1.165, 1.54) is 11.1 Å². The van der Waals surface area contributed by atoms with Gasteiger partial charge in [0, 0.05) is 31.3 Å². The Balaban J connectivity index is 0.000000280. The number of aryl methyl sites for hydroxylation is 1. The third-order valence-corrected chi connectivity index (χ3v) is 4.71. The van der Waals surface area contributed by atoms with E-state index in [2.05, 4.69) is 62.1 Å². The van der Waals surface area contributed by atoms with Gasteiger partial charge in [-0.2, -0.15) is 5.10 Å². The summed E-state index contributed by atoms with van der Waals surface area (Å²) < 4.78 is 0. The van der Waals surface area contributed by atoms with Crippen LogP contribution in [0.2, 0.25) is 0 Å². The Morgan fingerprint density at radius 2 is 1.73 bits per heavy atom. The van der Waals surface area contributed by atoms with Crippen LogP contribution >= 0.6 is 0 Å². The van der Waals surface area contributed by atoms with Crippen LogP contribution in [0.5, 0.6) is 0 Å². The van der Waals surface area contributed by atoms with Crippen molar-refractivity contribution in [2.24, 2.45) is 5.10 Å². The average molecular weight is 408 g/mol. The molecule has 1 amide bonds. The van der Waals surface area contributed by atoms with Gasteiger partial charge in [0.25, 0.3) is 5.91 Å². The fraction of sp³-hybridized carbons (Fsp3) is 0.385. The highest BCUT2D eigenvalue weighted by Gasteiger charge is 2.21. The lowest BCUT2D eigenvalue weighted by atomic mass is 10.0. The van der Waals surface area contributed by atoms with Crippen LogP contribution in [0.15, 0.2) is 66.3 Å². The fourth-order valence-corrected chi connectivity index (χ4v) is 2.87. The quantitative estimate of drug-likeness (QED) is 0.504. The predicted molar refractivity (Wildman–Crippen MR) is 129 cm³/mol. The molecule has 162 valence electrons. The summed E-state index contributed by atoms with van der Waals surface area (Å²) in [4.78, 5) is 13.7. The van der Waals surface area contributed by atoms with Crippen LogP contribution in [0, 0.1) is 6.92 Å². The molecule has 1 N–H and O–H groups in total. The van der Waals surface area contributed by atoms with Crippen LogP contribution in [-0.4, -0.2) is 36.7 Å². The molecule has 0 saturated carbocycles. The van der Waals surface area contributed by atoms with Crippen LogP contribution in [0.25, 0.3) is 0 Å². The summed E-state index contributed by atoms with van der Waals surface area (Å²) in [5, 5.41) is 4.10. The Morgan fingerprint density at radius 1 is 1.10 bits per heavy atom. The first kappa shape index (κ1) is 25.2. The van der Waals surface area contributed by atoms with Crippen molar-refractivity contribution in [2.45, 2.75) is 47.0 Å². The van der Waals surface area contributed by atoms with Gasteiger partial charge in [-0.15, -0.1) is 0 Å². The molecule has 30 heavy (non-hydrogen) atoms. The number of hydrazone groups is 1. The zero-order valence-corrected chi connectivity index (χ0v) is 19.4. The molecule has 0 bridgehead atoms. The van der Waals surface area contributed by atoms with E-state index in [9.17, 15) is 4.79 Å². The Kier molecular flexibility index (Phi) is 11.2. The number of amides is 1. The average Bonchev–Trinajstić information content (AvgIpc) is 2.72. The molecule has 1 saturated heterocycles. The lowest BCUT2D eigenvalue weighted by molar-refractivity contribution is 0.0652. The number of hydrogen-bond donors (Lipinski definition) is 1. The number of likely N-dealkylation sites (tertiary alicyclic amines) is 1. The molecule has 3 rings (SSSR count). The molecule has 2 aromatic rings. The summed E-state index contributed by atoms with van der Waals surface area (Å²) in [6, 6.07) is 16.2. The predicted octanol–water partition coefficient (Wildman–Crippen LogP) is 5.79. The smallest absolute Gasteiger partial charge is 0.253 e. The van der Waals surface area contributed by atoms with Gasteiger partial charge in [-0.3, -0.25) is 4.79 Å². The van der Waals surface area contributed by atoms with Crippen molar-refractivity contribution >= 4 is 11.6 Å². The number of allylic oxidation sites excluding steroid dienone is 1. The van der Waals surface area contributed by atoms with Crippen LogP contribution in [0.1, 0.15) is 67.1 Å². The second kappa shape index (κ2) is 13.4. The van der Waals surface area contributed by atoms with Gasteiger partial charge >= 0.3 is 0 Å². The lowest BCUT2D eigenvalue weighted by Crippen LogP contribution is -2.41. The van der Waals surface area contributed by atoms with Crippen molar-refractivity contribution in [3.8, 4) is 0 Å². The molecular weight excluding hydrogens is 370 g/mol. The Hall–Kier alpha value is -2.88. The molecule has 0 atom stereocenters. The minimum atomic E-state index is 0.177. The first-order valence-corrected chi connectivity index (χ1v) is 10.8. The number of benzene rings is 2. The summed E-state index contributed by atoms with van der Waals surface area (Å²) in [5.41, 5.74) is 8.04. The second-order valence-electron chi connectivity index (χ2n) is 7.22. The van der Waals surface area contributed by atoms with Gasteiger partial charge in [-0.05, 0) is 49.1 Å². The molecule has 0 radical (unpaired) electrons. The maximum Gasteiger partial charge on any atom is 0.253 e. The van der Waals surface area contributed by atoms with E-state index in [-0.39, 0.29) is 5.91 Å². The standard InChI is InChI=1S/C13H17NO.C11H14N2.C2H6/c1-10(2)11-4-6-12(7-5-11)13(15)14-8-3-9-14;1-4-11(13-12-3)10-7-5-6-9(2)8-10;1-2/h4-7,10H,3,8-9H2,1-2H3;4-8,12H,1H2,2-3H3;1-2H3/b;13-11+;. The molecule has 0 spiro atoms. The SMILES string of the molecule is C=C/C(=N\NC)c1cccc(C)c1.CC.CC(C)c1ccc(C(=O)N2CCC2)cc1. The zero-order chi connectivity index (χ0) is 22.5. The molecule has 4 heteroatoms. The number of nitrogens with zero attached hydrogens (tertiary/aromatic N) is 2. The molecule has 1 fully saturated rings. The van der Waals surface area contributed by atoms with Crippen molar-refractivity contribution in [3.63, 3.8) is 0 Å². The maximum atomic E-state index is 11.8. The number of carbonyl (C=O) groups is 1. The highest BCUT2D eigenvalue weighted by Crippen LogP contribution is 2.17. The Bertz CT molecular complexity index is 818. The van der Waals surface area contributed by atoms with Crippen LogP contribution in [0.3, 0.4) is 0 Å². The topological polar surface area (TPSA) is 44.7 Å². The highest BCUT2D eigenvalue weighted by molar-refractivity contribution is 6.08. The van der Waals surface area contributed by atoms with Crippen molar-refractivity contribution < 1.29 is 4.79 Å². The van der Waals surface area contributed by atoms with Crippen LogP contribution in [0.4, 0.5) is 0 Å². The van der Waals surface area contributed by atoms with E-state index >= 15 is 0 Å². The van der Waals surface area contributed by atoms with Gasteiger partial charge < -0.3 is 10.3 Å². The number of carbonyl (C=O) groups excluding carboxylic acids is 1. The second-order valence-corrected chi connectivity index (χ2v) is 7.22. The number of nitrogens with one attached hydrogen (secondary N) is 1. The van der Waals surface area contributed by atoms with Crippen LogP contribution < -0.4 is 5.43 Å². The first-order chi connectivity index (χ1) is 14.5. The van der Waals surface area contributed by atoms with Gasteiger partial charge in [0.2, 0.25) is 0 Å². The summed E-state index contributed by atoms with van der Waals surface area (Å²) >= 11 is 0. The monoisotopic (exact) mass is 407 g/mol. The molecule has 0 aromatic heterocycles.